The van der Waals surface area contributed by atoms with Crippen LogP contribution < -0.4 is 10.6 Å². The van der Waals surface area contributed by atoms with Crippen molar-refractivity contribution >= 4 is 35.0 Å². The highest BCUT2D eigenvalue weighted by Gasteiger charge is 2.10. The number of nitrogens with one attached hydrogen (secondary N) is 3. The number of aromatic amines is 1. The van der Waals surface area contributed by atoms with Gasteiger partial charge in [-0.25, -0.2) is 4.98 Å². The van der Waals surface area contributed by atoms with Gasteiger partial charge in [-0.2, -0.15) is 0 Å². The minimum absolute atomic E-state index is 0.136. The molecule has 0 fully saturated rings. The lowest BCUT2D eigenvalue weighted by Gasteiger charge is -2.07. The van der Waals surface area contributed by atoms with E-state index in [1.165, 1.54) is 24.2 Å². The number of imidazole rings is 1. The molecule has 28 heavy (non-hydrogen) atoms. The van der Waals surface area contributed by atoms with E-state index in [1.807, 2.05) is 25.1 Å². The predicted octanol–water partition coefficient (Wildman–Crippen LogP) is 4.00. The Balaban J connectivity index is 1.55. The molecular formula is C21H22N4O2S. The number of rotatable bonds is 7. The van der Waals surface area contributed by atoms with Crippen LogP contribution in [0.1, 0.15) is 23.9 Å². The third-order valence-electron chi connectivity index (χ3n) is 3.98. The molecule has 0 spiro atoms. The summed E-state index contributed by atoms with van der Waals surface area (Å²) in [7, 11) is 0. The van der Waals surface area contributed by atoms with Crippen LogP contribution in [-0.2, 0) is 16.0 Å². The second kappa shape index (κ2) is 9.23. The zero-order valence-corrected chi connectivity index (χ0v) is 16.6. The Morgan fingerprint density at radius 2 is 1.75 bits per heavy atom. The predicted molar refractivity (Wildman–Crippen MR) is 113 cm³/mol. The first-order chi connectivity index (χ1) is 13.5. The molecule has 0 aliphatic carbocycles. The smallest absolute Gasteiger partial charge is 0.234 e. The van der Waals surface area contributed by atoms with Gasteiger partial charge in [0.15, 0.2) is 5.16 Å². The average Bonchev–Trinajstić information content (AvgIpc) is 3.00. The lowest BCUT2D eigenvalue weighted by molar-refractivity contribution is -0.114. The van der Waals surface area contributed by atoms with Crippen LogP contribution in [0, 0.1) is 6.92 Å². The van der Waals surface area contributed by atoms with E-state index in [0.29, 0.717) is 11.4 Å². The van der Waals surface area contributed by atoms with Gasteiger partial charge in [0.05, 0.1) is 11.4 Å². The molecule has 0 aliphatic rings. The quantitative estimate of drug-likeness (QED) is 0.529. The summed E-state index contributed by atoms with van der Waals surface area (Å²) < 4.78 is 0. The number of aromatic nitrogens is 2. The molecule has 0 unspecified atom stereocenters. The molecule has 0 saturated carbocycles. The van der Waals surface area contributed by atoms with E-state index in [0.717, 1.165) is 23.0 Å². The van der Waals surface area contributed by atoms with Gasteiger partial charge in [0.1, 0.15) is 0 Å². The van der Waals surface area contributed by atoms with Crippen molar-refractivity contribution in [3.8, 4) is 0 Å². The fourth-order valence-electron chi connectivity index (χ4n) is 2.71. The van der Waals surface area contributed by atoms with Crippen LogP contribution in [0.4, 0.5) is 11.4 Å². The number of amides is 2. The van der Waals surface area contributed by atoms with Crippen molar-refractivity contribution in [2.24, 2.45) is 0 Å². The Morgan fingerprint density at radius 1 is 1.04 bits per heavy atom. The number of carbonyl (C=O) groups is 2. The molecule has 3 aromatic rings. The van der Waals surface area contributed by atoms with Crippen molar-refractivity contribution in [1.29, 1.82) is 0 Å². The number of aryl methyl sites for hydroxylation is 1. The van der Waals surface area contributed by atoms with Gasteiger partial charge in [-0.3, -0.25) is 9.59 Å². The maximum Gasteiger partial charge on any atom is 0.234 e. The molecule has 2 aromatic carbocycles. The van der Waals surface area contributed by atoms with E-state index < -0.39 is 0 Å². The number of nitrogens with zero attached hydrogens (tertiary/aromatic N) is 1. The normalized spacial score (nSPS) is 10.5. The molecule has 0 saturated heterocycles. The van der Waals surface area contributed by atoms with Crippen LogP contribution in [-0.4, -0.2) is 27.5 Å². The first-order valence-electron chi connectivity index (χ1n) is 8.89. The summed E-state index contributed by atoms with van der Waals surface area (Å²) >= 11 is 1.36. The summed E-state index contributed by atoms with van der Waals surface area (Å²) in [5, 5.41) is 6.26. The van der Waals surface area contributed by atoms with E-state index in [4.69, 9.17) is 0 Å². The minimum Gasteiger partial charge on any atom is -0.337 e. The third kappa shape index (κ3) is 5.72. The van der Waals surface area contributed by atoms with Crippen LogP contribution >= 0.6 is 11.8 Å². The third-order valence-corrected chi connectivity index (χ3v) is 4.86. The number of hydrogen-bond donors (Lipinski definition) is 3. The number of hydrogen-bond acceptors (Lipinski definition) is 4. The second-order valence-corrected chi connectivity index (χ2v) is 7.34. The molecule has 2 amide bonds. The molecule has 1 heterocycles. The van der Waals surface area contributed by atoms with Gasteiger partial charge >= 0.3 is 0 Å². The zero-order chi connectivity index (χ0) is 19.9. The molecule has 3 rings (SSSR count). The Labute approximate surface area is 168 Å². The van der Waals surface area contributed by atoms with Gasteiger partial charge in [0.2, 0.25) is 11.8 Å². The monoisotopic (exact) mass is 394 g/mol. The second-order valence-electron chi connectivity index (χ2n) is 6.37. The van der Waals surface area contributed by atoms with Crippen LogP contribution in [0.15, 0.2) is 59.8 Å². The van der Waals surface area contributed by atoms with Gasteiger partial charge in [-0.05, 0) is 30.7 Å². The molecule has 7 heteroatoms. The highest BCUT2D eigenvalue weighted by molar-refractivity contribution is 7.99. The first-order valence-corrected chi connectivity index (χ1v) is 9.88. The maximum absolute atomic E-state index is 12.2. The van der Waals surface area contributed by atoms with E-state index >= 15 is 0 Å². The fourth-order valence-corrected chi connectivity index (χ4v) is 3.45. The van der Waals surface area contributed by atoms with E-state index in [9.17, 15) is 9.59 Å². The molecule has 0 radical (unpaired) electrons. The van der Waals surface area contributed by atoms with Crippen molar-refractivity contribution in [2.45, 2.75) is 25.4 Å². The summed E-state index contributed by atoms with van der Waals surface area (Å²) in [4.78, 5) is 31.2. The van der Waals surface area contributed by atoms with Gasteiger partial charge in [-0.15, -0.1) is 0 Å². The molecule has 3 N–H and O–H groups in total. The Hall–Kier alpha value is -3.06. The van der Waals surface area contributed by atoms with E-state index in [2.05, 4.69) is 32.7 Å². The molecule has 1 aromatic heterocycles. The molecule has 0 bridgehead atoms. The molecule has 144 valence electrons. The van der Waals surface area contributed by atoms with Crippen molar-refractivity contribution in [2.75, 3.05) is 16.4 Å². The lowest BCUT2D eigenvalue weighted by Crippen LogP contribution is -2.14. The van der Waals surface area contributed by atoms with Gasteiger partial charge in [0.25, 0.3) is 0 Å². The van der Waals surface area contributed by atoms with E-state index in [-0.39, 0.29) is 17.6 Å². The number of H-pyrrole nitrogens is 1. The van der Waals surface area contributed by atoms with Crippen LogP contribution in [0.2, 0.25) is 0 Å². The Kier molecular flexibility index (Phi) is 6.49. The van der Waals surface area contributed by atoms with Crippen LogP contribution in [0.25, 0.3) is 0 Å². The standard InChI is InChI=1S/C21H22N4O2S/c1-14-19(11-16-7-4-3-5-8-16)25-21(22-14)28-13-20(27)24-18-10-6-9-17(12-18)23-15(2)26/h3-10,12H,11,13H2,1-2H3,(H,22,25)(H,23,26)(H,24,27). The highest BCUT2D eigenvalue weighted by atomic mass is 32.2. The fraction of sp³-hybridized carbons (Fsp3) is 0.190. The van der Waals surface area contributed by atoms with Gasteiger partial charge < -0.3 is 15.6 Å². The molecule has 0 aliphatic heterocycles. The number of carbonyl (C=O) groups excluding carboxylic acids is 2. The maximum atomic E-state index is 12.2. The van der Waals surface area contributed by atoms with Gasteiger partial charge in [0, 0.05) is 30.4 Å². The minimum atomic E-state index is -0.154. The van der Waals surface area contributed by atoms with E-state index in [1.54, 1.807) is 24.3 Å². The first kappa shape index (κ1) is 19.7. The van der Waals surface area contributed by atoms with Crippen molar-refractivity contribution in [3.63, 3.8) is 0 Å². The van der Waals surface area contributed by atoms with Gasteiger partial charge in [-0.1, -0.05) is 48.2 Å². The average molecular weight is 395 g/mol. The summed E-state index contributed by atoms with van der Waals surface area (Å²) in [6, 6.07) is 17.2. The van der Waals surface area contributed by atoms with Crippen molar-refractivity contribution in [3.05, 3.63) is 71.5 Å². The van der Waals surface area contributed by atoms with Crippen molar-refractivity contribution < 1.29 is 9.59 Å². The van der Waals surface area contributed by atoms with Crippen molar-refractivity contribution in [1.82, 2.24) is 9.97 Å². The number of benzene rings is 2. The summed E-state index contributed by atoms with van der Waals surface area (Å²) in [6.07, 6.45) is 0.756. The highest BCUT2D eigenvalue weighted by Crippen LogP contribution is 2.20. The van der Waals surface area contributed by atoms with Crippen LogP contribution in [0.5, 0.6) is 0 Å². The number of anilines is 2. The summed E-state index contributed by atoms with van der Waals surface area (Å²) in [5.74, 6) is -0.0515. The molecule has 0 atom stereocenters. The SMILES string of the molecule is CC(=O)Nc1cccc(NC(=O)CSc2nc(Cc3ccccc3)c(C)[nH]2)c1. The Bertz CT molecular complexity index is 970. The topological polar surface area (TPSA) is 86.9 Å². The summed E-state index contributed by atoms with van der Waals surface area (Å²) in [6.45, 7) is 3.43. The Morgan fingerprint density at radius 3 is 2.46 bits per heavy atom. The zero-order valence-electron chi connectivity index (χ0n) is 15.8. The lowest BCUT2D eigenvalue weighted by atomic mass is 10.1. The number of thioether (sulfide) groups is 1. The largest absolute Gasteiger partial charge is 0.337 e. The van der Waals surface area contributed by atoms with Crippen LogP contribution in [0.3, 0.4) is 0 Å². The summed E-state index contributed by atoms with van der Waals surface area (Å²) in [5.41, 5.74) is 4.47. The molecular weight excluding hydrogens is 372 g/mol. The molecule has 6 nitrogen and oxygen atoms in total.